The van der Waals surface area contributed by atoms with Crippen molar-refractivity contribution < 1.29 is 38.6 Å². The zero-order valence-corrected chi connectivity index (χ0v) is 31.2. The Hall–Kier alpha value is -3.39. The van der Waals surface area contributed by atoms with E-state index in [-0.39, 0.29) is 49.5 Å². The molecule has 0 spiro atoms. The van der Waals surface area contributed by atoms with E-state index in [4.69, 9.17) is 15.0 Å². The van der Waals surface area contributed by atoms with E-state index in [9.17, 15) is 0 Å². The van der Waals surface area contributed by atoms with Crippen molar-refractivity contribution in [3.63, 3.8) is 0 Å². The van der Waals surface area contributed by atoms with E-state index in [1.54, 1.807) is 79.6 Å². The van der Waals surface area contributed by atoms with Crippen LogP contribution < -0.4 is 9.80 Å². The van der Waals surface area contributed by atoms with Crippen molar-refractivity contribution in [2.45, 2.75) is 77.3 Å². The number of aromatic nitrogens is 4. The molecule has 1 aliphatic rings. The van der Waals surface area contributed by atoms with Crippen molar-refractivity contribution >= 4 is 11.4 Å². The number of halogens is 4. The second-order valence-corrected chi connectivity index (χ2v) is 14.5. The van der Waals surface area contributed by atoms with Crippen molar-refractivity contribution in [2.24, 2.45) is 0 Å². The van der Waals surface area contributed by atoms with Gasteiger partial charge in [0.25, 0.3) is 0 Å². The molecule has 0 radical (unpaired) electrons. The average Bonchev–Trinajstić information content (AvgIpc) is 2.95. The summed E-state index contributed by atoms with van der Waals surface area (Å²) in [6.45, 7) is 13.5. The molecule has 6 nitrogen and oxygen atoms in total. The van der Waals surface area contributed by atoms with Gasteiger partial charge in [0.1, 0.15) is 17.5 Å². The van der Waals surface area contributed by atoms with Gasteiger partial charge in [0.05, 0.1) is 61.8 Å². The van der Waals surface area contributed by atoms with Gasteiger partial charge in [0.15, 0.2) is 5.67 Å². The predicted octanol–water partition coefficient (Wildman–Crippen LogP) is 7.65. The smallest absolute Gasteiger partial charge is 0.191 e. The van der Waals surface area contributed by atoms with Crippen LogP contribution in [-0.4, -0.2) is 48.1 Å². The molecule has 4 aromatic rings. The van der Waals surface area contributed by atoms with Gasteiger partial charge in [-0.2, -0.15) is 0 Å². The van der Waals surface area contributed by atoms with Crippen molar-refractivity contribution in [3.8, 4) is 0 Å². The normalized spacial score (nSPS) is 19.1. The molecule has 5 rings (SSSR count). The quantitative estimate of drug-likeness (QED) is 0.194. The molecule has 11 heteroatoms. The average molecular weight is 830 g/mol. The summed E-state index contributed by atoms with van der Waals surface area (Å²) >= 11 is 0. The second kappa shape index (κ2) is 11.9. The molecule has 0 fully saturated rings. The number of hydrogen-bond donors (Lipinski definition) is 0. The van der Waals surface area contributed by atoms with Gasteiger partial charge in [-0.1, -0.05) is 0 Å². The molecular weight excluding hydrogens is 788 g/mol. The fourth-order valence-electron chi connectivity index (χ4n) is 6.07. The first-order valence-corrected chi connectivity index (χ1v) is 15.2. The largest absolute Gasteiger partial charge is 0.378 e. The number of anilines is 2. The minimum absolute atomic E-state index is 0. The fourth-order valence-corrected chi connectivity index (χ4v) is 6.07. The Morgan fingerprint density at radius 2 is 0.809 bits per heavy atom. The van der Waals surface area contributed by atoms with Gasteiger partial charge in [-0.15, -0.1) is 0 Å². The van der Waals surface area contributed by atoms with Gasteiger partial charge in [0.2, 0.25) is 0 Å². The van der Waals surface area contributed by atoms with E-state index in [2.05, 4.69) is 4.98 Å². The molecule has 1 aliphatic heterocycles. The van der Waals surface area contributed by atoms with Crippen LogP contribution in [0.1, 0.15) is 99.6 Å². The molecule has 0 saturated heterocycles. The summed E-state index contributed by atoms with van der Waals surface area (Å²) in [5, 5.41) is 0. The molecule has 0 aromatic carbocycles. The summed E-state index contributed by atoms with van der Waals surface area (Å²) in [5.74, 6) is -2.28. The van der Waals surface area contributed by atoms with Crippen molar-refractivity contribution in [2.75, 3.05) is 38.0 Å². The first-order valence-electron chi connectivity index (χ1n) is 15.2. The topological polar surface area (TPSA) is 58.0 Å². The summed E-state index contributed by atoms with van der Waals surface area (Å²) in [7, 11) is 7.32. The maximum absolute atomic E-state index is 17.4. The van der Waals surface area contributed by atoms with E-state index >= 15 is 17.6 Å². The summed E-state index contributed by atoms with van der Waals surface area (Å²) in [5.41, 5.74) is -3.04. The number of rotatable bonds is 2. The minimum atomic E-state index is -2.29. The molecule has 0 aliphatic carbocycles. The SMILES string of the molecule is Cc1cc(F)c2nc1C(C)(F)c1cc(N(C)C)cc(n1)C(C)(C)c1nc(c(F)cc1F)C(C)(C)c1cc(N(C)C)cc(n1)C2(C)C.[Pt]. The maximum atomic E-state index is 17.4. The number of fused-ring (bicyclic) bond motifs is 8. The number of aryl methyl sites for hydroxylation is 1. The molecule has 0 amide bonds. The molecule has 8 bridgehead atoms. The molecule has 1 unspecified atom stereocenters. The second-order valence-electron chi connectivity index (χ2n) is 14.5. The Bertz CT molecular complexity index is 1620. The first kappa shape index (κ1) is 36.4. The Morgan fingerprint density at radius 1 is 0.489 bits per heavy atom. The zero-order valence-electron chi connectivity index (χ0n) is 29.0. The third-order valence-corrected chi connectivity index (χ3v) is 9.37. The van der Waals surface area contributed by atoms with Crippen molar-refractivity contribution in [1.29, 1.82) is 0 Å². The number of alkyl halides is 1. The number of hydrogen-bond acceptors (Lipinski definition) is 6. The van der Waals surface area contributed by atoms with E-state index in [1.807, 2.05) is 31.1 Å². The molecule has 254 valence electrons. The number of pyridine rings is 4. The van der Waals surface area contributed by atoms with Crippen LogP contribution in [0.15, 0.2) is 36.4 Å². The molecule has 0 N–H and O–H groups in total. The van der Waals surface area contributed by atoms with Gasteiger partial charge in [-0.25, -0.2) is 27.5 Å². The minimum Gasteiger partial charge on any atom is -0.378 e. The molecular formula is C36H42F4N6Pt. The van der Waals surface area contributed by atoms with Gasteiger partial charge in [-0.3, -0.25) is 9.97 Å². The fraction of sp³-hybridized carbons (Fsp3) is 0.444. The van der Waals surface area contributed by atoms with Crippen molar-refractivity contribution in [3.05, 3.63) is 105 Å². The van der Waals surface area contributed by atoms with Crippen LogP contribution in [0.3, 0.4) is 0 Å². The summed E-state index contributed by atoms with van der Waals surface area (Å²) in [6.07, 6.45) is 0. The summed E-state index contributed by atoms with van der Waals surface area (Å²) in [6, 6.07) is 9.11. The first-order chi connectivity index (χ1) is 21.1. The van der Waals surface area contributed by atoms with Gasteiger partial charge in [-0.05, 0) is 91.3 Å². The molecule has 1 atom stereocenters. The van der Waals surface area contributed by atoms with Crippen LogP contribution in [0.5, 0.6) is 0 Å². The Balaban J connectivity index is 0.00000500. The van der Waals surface area contributed by atoms with Gasteiger partial charge in [0, 0.05) is 66.7 Å². The van der Waals surface area contributed by atoms with E-state index in [0.29, 0.717) is 28.3 Å². The van der Waals surface area contributed by atoms with Crippen LogP contribution in [-0.2, 0) is 43.0 Å². The Labute approximate surface area is 289 Å². The van der Waals surface area contributed by atoms with E-state index in [0.717, 1.165) is 11.8 Å². The van der Waals surface area contributed by atoms with Crippen molar-refractivity contribution in [1.82, 2.24) is 19.9 Å². The van der Waals surface area contributed by atoms with Crippen LogP contribution in [0.4, 0.5) is 28.9 Å². The zero-order chi connectivity index (χ0) is 34.3. The Morgan fingerprint density at radius 3 is 1.19 bits per heavy atom. The monoisotopic (exact) mass is 829 g/mol. The van der Waals surface area contributed by atoms with Crippen LogP contribution in [0.2, 0.25) is 0 Å². The van der Waals surface area contributed by atoms with Crippen LogP contribution in [0, 0.1) is 24.4 Å². The number of nitrogens with zero attached hydrogens (tertiary/aromatic N) is 6. The third-order valence-electron chi connectivity index (χ3n) is 9.37. The van der Waals surface area contributed by atoms with Crippen LogP contribution >= 0.6 is 0 Å². The summed E-state index contributed by atoms with van der Waals surface area (Å²) in [4.78, 5) is 22.7. The van der Waals surface area contributed by atoms with E-state index in [1.165, 1.54) is 13.0 Å². The standard InChI is InChI=1S/C36H42F4N6.Pt/c1-19-13-22(37)30-33(2,3)25-14-20(45(9)10)15-26(41-25)34(4,5)31-23(38)18-24(39)32(44-31)35(6,7)27-16-21(46(11)12)17-28(42-27)36(8,40)29(19)43-30;/h13-18H,1-12H3;. The predicted molar refractivity (Wildman–Crippen MR) is 174 cm³/mol. The summed E-state index contributed by atoms with van der Waals surface area (Å²) < 4.78 is 65.0. The van der Waals surface area contributed by atoms with Gasteiger partial charge >= 0.3 is 0 Å². The van der Waals surface area contributed by atoms with E-state index < -0.39 is 39.4 Å². The van der Waals surface area contributed by atoms with Crippen LogP contribution in [0.25, 0.3) is 0 Å². The third kappa shape index (κ3) is 5.96. The van der Waals surface area contributed by atoms with Gasteiger partial charge < -0.3 is 9.80 Å². The maximum Gasteiger partial charge on any atom is 0.191 e. The Kier molecular flexibility index (Phi) is 9.26. The molecule has 0 saturated carbocycles. The molecule has 4 aromatic heterocycles. The molecule has 5 heterocycles. The molecule has 47 heavy (non-hydrogen) atoms.